The van der Waals surface area contributed by atoms with Crippen LogP contribution in [0.2, 0.25) is 5.02 Å². The van der Waals surface area contributed by atoms with Gasteiger partial charge in [-0.15, -0.1) is 11.8 Å². The van der Waals surface area contributed by atoms with Crippen LogP contribution in [0.3, 0.4) is 0 Å². The molecule has 0 amide bonds. The van der Waals surface area contributed by atoms with E-state index < -0.39 is 0 Å². The first-order valence-corrected chi connectivity index (χ1v) is 7.71. The van der Waals surface area contributed by atoms with E-state index in [1.165, 1.54) is 18.9 Å². The fraction of sp³-hybridized carbons (Fsp3) is 0.333. The Morgan fingerprint density at radius 3 is 2.67 bits per heavy atom. The number of allylic oxidation sites excluding steroid dienone is 1. The molecule has 4 nitrogen and oxygen atoms in total. The lowest BCUT2D eigenvalue weighted by molar-refractivity contribution is -0.135. The number of methoxy groups -OCH3 is 1. The zero-order valence-corrected chi connectivity index (χ0v) is 13.7. The molecule has 0 saturated carbocycles. The third kappa shape index (κ3) is 4.02. The van der Waals surface area contributed by atoms with Gasteiger partial charge in [-0.05, 0) is 17.7 Å². The van der Waals surface area contributed by atoms with E-state index in [0.717, 1.165) is 11.3 Å². The molecule has 0 saturated heterocycles. The number of carbonyl (C=O) groups excluding carboxylic acids is 1. The average Bonchev–Trinajstić information content (AvgIpc) is 2.89. The molecule has 1 aromatic carbocycles. The fourth-order valence-corrected chi connectivity index (χ4v) is 3.34. The number of benzene rings is 1. The van der Waals surface area contributed by atoms with Crippen LogP contribution in [0.15, 0.2) is 39.9 Å². The molecule has 0 aromatic heterocycles. The van der Waals surface area contributed by atoms with Crippen molar-refractivity contribution in [1.29, 1.82) is 0 Å². The molecule has 112 valence electrons. The third-order valence-corrected chi connectivity index (χ3v) is 4.57. The van der Waals surface area contributed by atoms with Crippen molar-refractivity contribution in [2.45, 2.75) is 11.7 Å². The molecule has 0 aliphatic carbocycles. The number of thioether (sulfide) groups is 1. The van der Waals surface area contributed by atoms with Gasteiger partial charge in [0.25, 0.3) is 0 Å². The second-order valence-corrected chi connectivity index (χ2v) is 6.49. The molecule has 0 fully saturated rings. The Hall–Kier alpha value is -1.46. The van der Waals surface area contributed by atoms with Crippen LogP contribution in [-0.2, 0) is 9.53 Å². The summed E-state index contributed by atoms with van der Waals surface area (Å²) in [5, 5.41) is 0.861. The minimum Gasteiger partial charge on any atom is -0.465 e. The molecule has 2 rings (SSSR count). The van der Waals surface area contributed by atoms with E-state index in [1.807, 2.05) is 43.3 Å². The number of nitrogens with zero attached hydrogens (tertiary/aromatic N) is 2. The highest BCUT2D eigenvalue weighted by Gasteiger charge is 2.31. The van der Waals surface area contributed by atoms with E-state index in [-0.39, 0.29) is 11.2 Å². The monoisotopic (exact) mass is 324 g/mol. The van der Waals surface area contributed by atoms with Crippen LogP contribution in [0.5, 0.6) is 0 Å². The summed E-state index contributed by atoms with van der Waals surface area (Å²) in [7, 11) is 5.17. The molecule has 0 bridgehead atoms. The van der Waals surface area contributed by atoms with Gasteiger partial charge in [0.15, 0.2) is 0 Å². The fourth-order valence-electron chi connectivity index (χ4n) is 1.94. The van der Waals surface area contributed by atoms with Crippen LogP contribution >= 0.6 is 23.4 Å². The lowest BCUT2D eigenvalue weighted by atomic mass is 10.1. The van der Waals surface area contributed by atoms with Crippen LogP contribution in [0, 0.1) is 0 Å². The minimum absolute atomic E-state index is 0.158. The van der Waals surface area contributed by atoms with Crippen molar-refractivity contribution in [2.24, 2.45) is 4.99 Å². The number of esters is 1. The topological polar surface area (TPSA) is 41.9 Å². The zero-order valence-electron chi connectivity index (χ0n) is 12.2. The molecule has 1 heterocycles. The Kier molecular flexibility index (Phi) is 5.31. The Bertz CT molecular complexity index is 582. The Morgan fingerprint density at radius 1 is 1.43 bits per heavy atom. The highest BCUT2D eigenvalue weighted by Crippen LogP contribution is 2.48. The van der Waals surface area contributed by atoms with Crippen LogP contribution in [0.4, 0.5) is 0 Å². The molecule has 0 radical (unpaired) electrons. The number of ether oxygens (including phenoxy) is 1. The molecular weight excluding hydrogens is 308 g/mol. The average molecular weight is 325 g/mol. The van der Waals surface area contributed by atoms with Crippen molar-refractivity contribution in [3.63, 3.8) is 0 Å². The van der Waals surface area contributed by atoms with Crippen molar-refractivity contribution in [3.8, 4) is 0 Å². The summed E-state index contributed by atoms with van der Waals surface area (Å²) in [5.41, 5.74) is 1.89. The normalized spacial score (nSPS) is 18.4. The van der Waals surface area contributed by atoms with Crippen molar-refractivity contribution in [2.75, 3.05) is 21.2 Å². The highest BCUT2D eigenvalue weighted by molar-refractivity contribution is 8.04. The minimum atomic E-state index is -0.331. The molecule has 0 spiro atoms. The first kappa shape index (κ1) is 15.9. The second kappa shape index (κ2) is 7.00. The Balaban J connectivity index is 2.22. The van der Waals surface area contributed by atoms with Gasteiger partial charge in [-0.2, -0.15) is 0 Å². The van der Waals surface area contributed by atoms with E-state index >= 15 is 0 Å². The van der Waals surface area contributed by atoms with E-state index in [0.29, 0.717) is 16.3 Å². The molecule has 1 aliphatic heterocycles. The van der Waals surface area contributed by atoms with Crippen LogP contribution in [-0.4, -0.2) is 38.4 Å². The maximum Gasteiger partial charge on any atom is 0.346 e. The van der Waals surface area contributed by atoms with Gasteiger partial charge in [0.2, 0.25) is 0 Å². The molecule has 1 unspecified atom stereocenters. The molecule has 1 aliphatic rings. The summed E-state index contributed by atoms with van der Waals surface area (Å²) in [4.78, 5) is 18.7. The lowest BCUT2D eigenvalue weighted by Gasteiger charge is -2.09. The first-order valence-electron chi connectivity index (χ1n) is 6.45. The molecule has 0 N–H and O–H groups in total. The van der Waals surface area contributed by atoms with E-state index in [1.54, 1.807) is 6.34 Å². The molecule has 21 heavy (non-hydrogen) atoms. The lowest BCUT2D eigenvalue weighted by Crippen LogP contribution is -2.08. The number of hydrogen-bond donors (Lipinski definition) is 0. The highest BCUT2D eigenvalue weighted by atomic mass is 35.5. The van der Waals surface area contributed by atoms with E-state index in [2.05, 4.69) is 4.99 Å². The molecular formula is C15H17ClN2O2S. The van der Waals surface area contributed by atoms with Crippen LogP contribution in [0.25, 0.3) is 0 Å². The summed E-state index contributed by atoms with van der Waals surface area (Å²) in [6, 6.07) is 7.67. The summed E-state index contributed by atoms with van der Waals surface area (Å²) >= 11 is 7.40. The summed E-state index contributed by atoms with van der Waals surface area (Å²) < 4.78 is 4.85. The zero-order chi connectivity index (χ0) is 15.4. The predicted molar refractivity (Wildman–Crippen MR) is 87.6 cm³/mol. The Morgan fingerprint density at radius 2 is 2.10 bits per heavy atom. The van der Waals surface area contributed by atoms with Gasteiger partial charge in [0.05, 0.1) is 19.1 Å². The quantitative estimate of drug-likeness (QED) is 0.483. The largest absolute Gasteiger partial charge is 0.465 e. The third-order valence-electron chi connectivity index (χ3n) is 2.96. The summed E-state index contributed by atoms with van der Waals surface area (Å²) in [5.74, 6) is -0.331. The number of carbonyl (C=O) groups is 1. The van der Waals surface area contributed by atoms with Crippen LogP contribution < -0.4 is 0 Å². The van der Waals surface area contributed by atoms with Gasteiger partial charge in [0, 0.05) is 30.8 Å². The smallest absolute Gasteiger partial charge is 0.346 e. The van der Waals surface area contributed by atoms with E-state index in [9.17, 15) is 4.79 Å². The standard InChI is InChI=1S/C15H17ClN2O2S/c1-18(2)9-17-12-8-13(21-14(12)15(19)20-3)10-4-6-11(16)7-5-10/h4-7,9,13H,8H2,1-3H3/b17-9+. The van der Waals surface area contributed by atoms with Gasteiger partial charge in [0.1, 0.15) is 4.91 Å². The van der Waals surface area contributed by atoms with Crippen molar-refractivity contribution in [3.05, 3.63) is 45.5 Å². The van der Waals surface area contributed by atoms with E-state index in [4.69, 9.17) is 16.3 Å². The van der Waals surface area contributed by atoms with Gasteiger partial charge < -0.3 is 9.64 Å². The number of aliphatic imine (C=N–C) groups is 1. The number of halogens is 1. The predicted octanol–water partition coefficient (Wildman–Crippen LogP) is 3.49. The van der Waals surface area contributed by atoms with Crippen LogP contribution in [0.1, 0.15) is 17.2 Å². The van der Waals surface area contributed by atoms with Gasteiger partial charge in [-0.3, -0.25) is 0 Å². The molecule has 6 heteroatoms. The van der Waals surface area contributed by atoms with Crippen molar-refractivity contribution in [1.82, 2.24) is 4.90 Å². The SMILES string of the molecule is COC(=O)C1=C(/N=C/N(C)C)CC(c2ccc(Cl)cc2)S1. The maximum absolute atomic E-state index is 11.9. The summed E-state index contributed by atoms with van der Waals surface area (Å²) in [6.07, 6.45) is 2.39. The van der Waals surface area contributed by atoms with Gasteiger partial charge >= 0.3 is 5.97 Å². The maximum atomic E-state index is 11.9. The molecule has 1 aromatic rings. The number of rotatable bonds is 4. The second-order valence-electron chi connectivity index (χ2n) is 4.84. The molecule has 1 atom stereocenters. The summed E-state index contributed by atoms with van der Waals surface area (Å²) in [6.45, 7) is 0. The Labute approximate surface area is 133 Å². The number of hydrogen-bond acceptors (Lipinski definition) is 4. The van der Waals surface area contributed by atoms with Crippen molar-refractivity contribution < 1.29 is 9.53 Å². The first-order chi connectivity index (χ1) is 10.0. The van der Waals surface area contributed by atoms with Crippen molar-refractivity contribution >= 4 is 35.7 Å². The van der Waals surface area contributed by atoms with Gasteiger partial charge in [-0.25, -0.2) is 9.79 Å². The van der Waals surface area contributed by atoms with Gasteiger partial charge in [-0.1, -0.05) is 23.7 Å².